The van der Waals surface area contributed by atoms with Gasteiger partial charge in [0.1, 0.15) is 11.6 Å². The number of nitrogens with zero attached hydrogens (tertiary/aromatic N) is 2. The summed E-state index contributed by atoms with van der Waals surface area (Å²) in [6.45, 7) is 4.04. The highest BCUT2D eigenvalue weighted by atomic mass is 35.5. The zero-order valence-corrected chi connectivity index (χ0v) is 19.3. The van der Waals surface area contributed by atoms with E-state index in [4.69, 9.17) is 27.9 Å². The molecule has 0 aromatic heterocycles. The molecular formula is C24H23Cl2FN2O4. The Balaban J connectivity index is 1.69. The van der Waals surface area contributed by atoms with E-state index < -0.39 is 23.5 Å². The Kier molecular flexibility index (Phi) is 7.34. The van der Waals surface area contributed by atoms with E-state index in [0.29, 0.717) is 36.8 Å². The van der Waals surface area contributed by atoms with Crippen LogP contribution < -0.4 is 0 Å². The number of Topliss-reactive ketones (excluding diaryl/α,β-unsaturated/α-hetero) is 1. The highest BCUT2D eigenvalue weighted by Gasteiger charge is 2.46. The zero-order valence-electron chi connectivity index (χ0n) is 17.8. The molecule has 9 heteroatoms. The van der Waals surface area contributed by atoms with Crippen molar-refractivity contribution in [2.75, 3.05) is 39.4 Å². The fourth-order valence-electron chi connectivity index (χ4n) is 4.19. The summed E-state index contributed by atoms with van der Waals surface area (Å²) in [6.07, 6.45) is 0.640. The van der Waals surface area contributed by atoms with E-state index in [9.17, 15) is 19.1 Å². The van der Waals surface area contributed by atoms with Gasteiger partial charge in [0.15, 0.2) is 0 Å². The van der Waals surface area contributed by atoms with Crippen LogP contribution in [0.15, 0.2) is 48.0 Å². The lowest BCUT2D eigenvalue weighted by atomic mass is 9.95. The van der Waals surface area contributed by atoms with Gasteiger partial charge in [-0.05, 0) is 48.4 Å². The first kappa shape index (κ1) is 23.7. The van der Waals surface area contributed by atoms with Crippen molar-refractivity contribution in [2.24, 2.45) is 0 Å². The molecule has 1 atom stereocenters. The number of carbonyl (C=O) groups is 2. The molecule has 0 unspecified atom stereocenters. The normalized spacial score (nSPS) is 21.1. The third-order valence-electron chi connectivity index (χ3n) is 5.89. The first-order chi connectivity index (χ1) is 15.9. The average molecular weight is 493 g/mol. The zero-order chi connectivity index (χ0) is 23.5. The predicted molar refractivity (Wildman–Crippen MR) is 124 cm³/mol. The molecule has 2 saturated heterocycles. The maximum absolute atomic E-state index is 13.4. The second-order valence-corrected chi connectivity index (χ2v) is 8.79. The summed E-state index contributed by atoms with van der Waals surface area (Å²) in [5.41, 5.74) is 0.739. The number of hydrogen-bond donors (Lipinski definition) is 1. The first-order valence-corrected chi connectivity index (χ1v) is 11.4. The van der Waals surface area contributed by atoms with Gasteiger partial charge in [0.2, 0.25) is 0 Å². The second kappa shape index (κ2) is 10.2. The van der Waals surface area contributed by atoms with Gasteiger partial charge in [-0.3, -0.25) is 14.5 Å². The van der Waals surface area contributed by atoms with Gasteiger partial charge in [-0.15, -0.1) is 0 Å². The molecule has 2 aromatic rings. The number of likely N-dealkylation sites (tertiary alicyclic amines) is 1. The highest BCUT2D eigenvalue weighted by molar-refractivity contribution is 6.46. The monoisotopic (exact) mass is 492 g/mol. The van der Waals surface area contributed by atoms with Gasteiger partial charge in [0, 0.05) is 31.7 Å². The minimum Gasteiger partial charge on any atom is -0.507 e. The second-order valence-electron chi connectivity index (χ2n) is 7.98. The van der Waals surface area contributed by atoms with E-state index in [1.54, 1.807) is 18.2 Å². The SMILES string of the molecule is O=C1C(=O)N(CCCN2CCOCC2)[C@H](c2ccc(Cl)c(Cl)c2)/C1=C(\O)c1ccc(F)cc1. The summed E-state index contributed by atoms with van der Waals surface area (Å²) in [5, 5.41) is 11.6. The quantitative estimate of drug-likeness (QED) is 0.370. The molecule has 2 fully saturated rings. The van der Waals surface area contributed by atoms with Crippen LogP contribution in [0.3, 0.4) is 0 Å². The molecular weight excluding hydrogens is 470 g/mol. The van der Waals surface area contributed by atoms with Crippen molar-refractivity contribution in [3.05, 3.63) is 75.0 Å². The number of carbonyl (C=O) groups excluding carboxylic acids is 2. The van der Waals surface area contributed by atoms with E-state index in [1.807, 2.05) is 0 Å². The molecule has 0 radical (unpaired) electrons. The minimum absolute atomic E-state index is 0.0589. The Morgan fingerprint density at radius 3 is 2.39 bits per heavy atom. The summed E-state index contributed by atoms with van der Waals surface area (Å²) in [6, 6.07) is 9.11. The molecule has 2 aliphatic rings. The molecule has 1 amide bonds. The number of ether oxygens (including phenoxy) is 1. The van der Waals surface area contributed by atoms with Crippen LogP contribution in [0.5, 0.6) is 0 Å². The Labute approximate surface area is 201 Å². The number of hydrogen-bond acceptors (Lipinski definition) is 5. The van der Waals surface area contributed by atoms with Gasteiger partial charge >= 0.3 is 0 Å². The standard InChI is InChI=1S/C24H23Cl2FN2O4/c25-18-7-4-16(14-19(18)26)21-20(22(30)15-2-5-17(27)6-3-15)23(31)24(32)29(21)9-1-8-28-10-12-33-13-11-28/h2-7,14,21,30H,1,8-13H2/b22-20+/t21-/m1/s1. The highest BCUT2D eigenvalue weighted by Crippen LogP contribution is 2.41. The van der Waals surface area contributed by atoms with E-state index in [2.05, 4.69) is 4.90 Å². The molecule has 0 saturated carbocycles. The van der Waals surface area contributed by atoms with Gasteiger partial charge in [0.25, 0.3) is 11.7 Å². The predicted octanol–water partition coefficient (Wildman–Crippen LogP) is 4.28. The number of aliphatic hydroxyl groups excluding tert-OH is 1. The van der Waals surface area contributed by atoms with Crippen molar-refractivity contribution in [3.63, 3.8) is 0 Å². The number of aliphatic hydroxyl groups is 1. The van der Waals surface area contributed by atoms with Crippen molar-refractivity contribution >= 4 is 40.7 Å². The van der Waals surface area contributed by atoms with Crippen LogP contribution in [-0.2, 0) is 14.3 Å². The van der Waals surface area contributed by atoms with Gasteiger partial charge in [-0.2, -0.15) is 0 Å². The smallest absolute Gasteiger partial charge is 0.295 e. The van der Waals surface area contributed by atoms with Crippen molar-refractivity contribution in [1.82, 2.24) is 9.80 Å². The fourth-order valence-corrected chi connectivity index (χ4v) is 4.50. The van der Waals surface area contributed by atoms with Crippen LogP contribution in [0.4, 0.5) is 4.39 Å². The molecule has 33 heavy (non-hydrogen) atoms. The van der Waals surface area contributed by atoms with Crippen molar-refractivity contribution < 1.29 is 23.8 Å². The van der Waals surface area contributed by atoms with Gasteiger partial charge in [-0.25, -0.2) is 4.39 Å². The number of morpholine rings is 1. The molecule has 0 bridgehead atoms. The molecule has 6 nitrogen and oxygen atoms in total. The average Bonchev–Trinajstić information content (AvgIpc) is 3.06. The van der Waals surface area contributed by atoms with Gasteiger partial charge in [0.05, 0.1) is 34.9 Å². The summed E-state index contributed by atoms with van der Waals surface area (Å²) in [4.78, 5) is 29.7. The fraction of sp³-hybridized carbons (Fsp3) is 0.333. The Bertz CT molecular complexity index is 1080. The molecule has 0 aliphatic carbocycles. The van der Waals surface area contributed by atoms with E-state index in [0.717, 1.165) is 19.6 Å². The number of rotatable bonds is 6. The van der Waals surface area contributed by atoms with Crippen molar-refractivity contribution in [1.29, 1.82) is 0 Å². The van der Waals surface area contributed by atoms with E-state index in [-0.39, 0.29) is 21.9 Å². The lowest BCUT2D eigenvalue weighted by molar-refractivity contribution is -0.140. The number of halogens is 3. The number of benzene rings is 2. The van der Waals surface area contributed by atoms with E-state index >= 15 is 0 Å². The number of ketones is 1. The topological polar surface area (TPSA) is 70.1 Å². The summed E-state index contributed by atoms with van der Waals surface area (Å²) < 4.78 is 18.7. The van der Waals surface area contributed by atoms with Crippen LogP contribution in [-0.4, -0.2) is 66.0 Å². The molecule has 1 N–H and O–H groups in total. The minimum atomic E-state index is -0.838. The molecule has 4 rings (SSSR count). The lowest BCUT2D eigenvalue weighted by Crippen LogP contribution is -2.38. The van der Waals surface area contributed by atoms with Crippen LogP contribution in [0.1, 0.15) is 23.6 Å². The van der Waals surface area contributed by atoms with Crippen LogP contribution in [0.2, 0.25) is 10.0 Å². The molecule has 2 aromatic carbocycles. The first-order valence-electron chi connectivity index (χ1n) is 10.7. The Hall–Kier alpha value is -2.45. The van der Waals surface area contributed by atoms with Crippen molar-refractivity contribution in [3.8, 4) is 0 Å². The Morgan fingerprint density at radius 2 is 1.73 bits per heavy atom. The van der Waals surface area contributed by atoms with Crippen molar-refractivity contribution in [2.45, 2.75) is 12.5 Å². The molecule has 2 aliphatic heterocycles. The third-order valence-corrected chi connectivity index (χ3v) is 6.63. The molecule has 174 valence electrons. The van der Waals surface area contributed by atoms with Crippen LogP contribution in [0, 0.1) is 5.82 Å². The summed E-state index contributed by atoms with van der Waals surface area (Å²) in [5.74, 6) is -2.33. The third kappa shape index (κ3) is 5.06. The molecule has 0 spiro atoms. The van der Waals surface area contributed by atoms with E-state index in [1.165, 1.54) is 29.2 Å². The summed E-state index contributed by atoms with van der Waals surface area (Å²) >= 11 is 12.3. The summed E-state index contributed by atoms with van der Waals surface area (Å²) in [7, 11) is 0. The van der Waals surface area contributed by atoms with Crippen LogP contribution >= 0.6 is 23.2 Å². The largest absolute Gasteiger partial charge is 0.507 e. The maximum atomic E-state index is 13.4. The number of amides is 1. The maximum Gasteiger partial charge on any atom is 0.295 e. The van der Waals surface area contributed by atoms with Gasteiger partial charge < -0.3 is 14.7 Å². The van der Waals surface area contributed by atoms with Crippen LogP contribution in [0.25, 0.3) is 5.76 Å². The van der Waals surface area contributed by atoms with Gasteiger partial charge in [-0.1, -0.05) is 29.3 Å². The molecule has 2 heterocycles. The Morgan fingerprint density at radius 1 is 1.03 bits per heavy atom. The lowest BCUT2D eigenvalue weighted by Gasteiger charge is -2.29.